The van der Waals surface area contributed by atoms with Gasteiger partial charge in [0.25, 0.3) is 0 Å². The number of hydrogen-bond acceptors (Lipinski definition) is 1. The first-order chi connectivity index (χ1) is 14.1. The van der Waals surface area contributed by atoms with Crippen LogP contribution in [-0.2, 0) is 6.42 Å². The van der Waals surface area contributed by atoms with Crippen molar-refractivity contribution in [1.82, 2.24) is 0 Å². The second kappa shape index (κ2) is 10.2. The van der Waals surface area contributed by atoms with E-state index in [0.717, 1.165) is 12.1 Å². The summed E-state index contributed by atoms with van der Waals surface area (Å²) in [4.78, 5) is 0. The van der Waals surface area contributed by atoms with Crippen LogP contribution >= 0.6 is 0 Å². The minimum Gasteiger partial charge on any atom is -0.398 e. The van der Waals surface area contributed by atoms with E-state index in [1.807, 2.05) is 6.08 Å². The summed E-state index contributed by atoms with van der Waals surface area (Å²) >= 11 is 0. The molecule has 2 rings (SSSR count). The second-order valence-corrected chi connectivity index (χ2v) is 9.34. The Kier molecular flexibility index (Phi) is 8.12. The molecule has 2 atom stereocenters. The molecule has 0 heterocycles. The van der Waals surface area contributed by atoms with Gasteiger partial charge in [-0.15, -0.1) is 0 Å². The van der Waals surface area contributed by atoms with Gasteiger partial charge in [0.2, 0.25) is 0 Å². The van der Waals surface area contributed by atoms with E-state index in [0.29, 0.717) is 11.8 Å². The van der Waals surface area contributed by atoms with E-state index in [1.54, 1.807) is 0 Å². The van der Waals surface area contributed by atoms with Crippen molar-refractivity contribution in [2.75, 3.05) is 5.73 Å². The Hall–Kier alpha value is -2.28. The van der Waals surface area contributed by atoms with Crippen LogP contribution < -0.4 is 5.73 Å². The molecule has 0 saturated heterocycles. The van der Waals surface area contributed by atoms with Crippen molar-refractivity contribution in [3.8, 4) is 11.1 Å². The zero-order chi connectivity index (χ0) is 22.6. The van der Waals surface area contributed by atoms with Gasteiger partial charge in [0.1, 0.15) is 0 Å². The van der Waals surface area contributed by atoms with Crippen molar-refractivity contribution in [2.45, 2.75) is 73.6 Å². The molecule has 0 aliphatic heterocycles. The molecule has 0 saturated carbocycles. The van der Waals surface area contributed by atoms with Gasteiger partial charge >= 0.3 is 0 Å². The molecule has 162 valence electrons. The molecule has 1 nitrogen and oxygen atoms in total. The predicted octanol–water partition coefficient (Wildman–Crippen LogP) is 8.49. The minimum atomic E-state index is 0.278. The first-order valence-electron chi connectivity index (χ1n) is 11.4. The summed E-state index contributed by atoms with van der Waals surface area (Å²) < 4.78 is 0. The van der Waals surface area contributed by atoms with Gasteiger partial charge in [0.05, 0.1) is 0 Å². The van der Waals surface area contributed by atoms with Crippen molar-refractivity contribution in [3.63, 3.8) is 0 Å². The molecule has 0 aliphatic carbocycles. The van der Waals surface area contributed by atoms with Crippen LogP contribution in [0, 0.1) is 25.7 Å². The molecule has 30 heavy (non-hydrogen) atoms. The molecule has 1 heteroatoms. The van der Waals surface area contributed by atoms with Crippen LogP contribution in [0.15, 0.2) is 43.0 Å². The average Bonchev–Trinajstić information content (AvgIpc) is 2.69. The summed E-state index contributed by atoms with van der Waals surface area (Å²) in [7, 11) is 0. The monoisotopic (exact) mass is 403 g/mol. The Morgan fingerprint density at radius 2 is 1.80 bits per heavy atom. The predicted molar refractivity (Wildman–Crippen MR) is 136 cm³/mol. The quantitative estimate of drug-likeness (QED) is 0.329. The number of anilines is 1. The van der Waals surface area contributed by atoms with E-state index in [2.05, 4.69) is 85.9 Å². The van der Waals surface area contributed by atoms with Crippen LogP contribution in [0.25, 0.3) is 17.2 Å². The number of aryl methyl sites for hydroxylation is 2. The largest absolute Gasteiger partial charge is 0.398 e. The van der Waals surface area contributed by atoms with Crippen LogP contribution in [-0.4, -0.2) is 0 Å². The number of allylic oxidation sites excluding steroid dienone is 1. The van der Waals surface area contributed by atoms with Crippen molar-refractivity contribution >= 4 is 11.8 Å². The zero-order valence-electron chi connectivity index (χ0n) is 20.2. The lowest BCUT2D eigenvalue weighted by molar-refractivity contribution is 0.374. The topological polar surface area (TPSA) is 26.0 Å². The van der Waals surface area contributed by atoms with Crippen molar-refractivity contribution in [2.24, 2.45) is 11.8 Å². The average molecular weight is 404 g/mol. The number of benzene rings is 2. The van der Waals surface area contributed by atoms with Crippen molar-refractivity contribution < 1.29 is 0 Å². The Morgan fingerprint density at radius 1 is 1.13 bits per heavy atom. The summed E-state index contributed by atoms with van der Waals surface area (Å²) in [6.07, 6.45) is 5.44. The molecule has 0 radical (unpaired) electrons. The van der Waals surface area contributed by atoms with Gasteiger partial charge in [0.15, 0.2) is 0 Å². The van der Waals surface area contributed by atoms with E-state index >= 15 is 0 Å². The van der Waals surface area contributed by atoms with Crippen molar-refractivity contribution in [1.29, 1.82) is 0 Å². The molecule has 2 N–H and O–H groups in total. The van der Waals surface area contributed by atoms with Gasteiger partial charge in [-0.1, -0.05) is 77.1 Å². The molecule has 0 aromatic heterocycles. The zero-order valence-corrected chi connectivity index (χ0v) is 20.2. The molecule has 2 aromatic carbocycles. The van der Waals surface area contributed by atoms with Crippen LogP contribution in [0.5, 0.6) is 0 Å². The lowest BCUT2D eigenvalue weighted by Gasteiger charge is -2.32. The Bertz CT molecular complexity index is 916. The van der Waals surface area contributed by atoms with Gasteiger partial charge in [-0.05, 0) is 90.5 Å². The van der Waals surface area contributed by atoms with Gasteiger partial charge in [-0.3, -0.25) is 0 Å². The lowest BCUT2D eigenvalue weighted by Crippen LogP contribution is -2.19. The normalized spacial score (nSPS) is 13.3. The number of hydrogen-bond donors (Lipinski definition) is 1. The fourth-order valence-corrected chi connectivity index (χ4v) is 4.63. The van der Waals surface area contributed by atoms with E-state index in [1.165, 1.54) is 57.4 Å². The summed E-state index contributed by atoms with van der Waals surface area (Å²) in [5, 5.41) is 0. The first kappa shape index (κ1) is 24.0. The third-order valence-electron chi connectivity index (χ3n) is 6.74. The first-order valence-corrected chi connectivity index (χ1v) is 11.4. The Morgan fingerprint density at radius 3 is 2.33 bits per heavy atom. The maximum Gasteiger partial charge on any atom is 0.0349 e. The summed E-state index contributed by atoms with van der Waals surface area (Å²) in [6.45, 7) is 24.2. The highest BCUT2D eigenvalue weighted by atomic mass is 14.6. The van der Waals surface area contributed by atoms with Gasteiger partial charge in [-0.25, -0.2) is 0 Å². The Labute approximate surface area is 185 Å². The molecular formula is C29H41N. The highest BCUT2D eigenvalue weighted by Crippen LogP contribution is 2.45. The standard InChI is InChI=1S/C29H41N/c1-10-12-13-24-17-25(15-14-23(24)11-2)28-20(7)16-26(30)22(9)29(28)27(19(5)6)21(8)18(3)4/h11,14-18,21,27H,2,5,10,12-13,30H2,1,3-4,6-9H3. The van der Waals surface area contributed by atoms with Crippen LogP contribution in [0.3, 0.4) is 0 Å². The third kappa shape index (κ3) is 4.89. The van der Waals surface area contributed by atoms with Crippen LogP contribution in [0.4, 0.5) is 5.69 Å². The third-order valence-corrected chi connectivity index (χ3v) is 6.74. The summed E-state index contributed by atoms with van der Waals surface area (Å²) in [6, 6.07) is 8.99. The molecular weight excluding hydrogens is 362 g/mol. The highest BCUT2D eigenvalue weighted by Gasteiger charge is 2.28. The minimum absolute atomic E-state index is 0.278. The Balaban J connectivity index is 2.82. The van der Waals surface area contributed by atoms with Crippen molar-refractivity contribution in [3.05, 3.63) is 70.8 Å². The van der Waals surface area contributed by atoms with Gasteiger partial charge in [-0.2, -0.15) is 0 Å². The summed E-state index contributed by atoms with van der Waals surface area (Å²) in [5.41, 5.74) is 17.6. The smallest absolute Gasteiger partial charge is 0.0349 e. The number of unbranched alkanes of at least 4 members (excludes halogenated alkanes) is 1. The van der Waals surface area contributed by atoms with E-state index in [-0.39, 0.29) is 5.92 Å². The number of nitrogen functional groups attached to an aromatic ring is 1. The highest BCUT2D eigenvalue weighted by molar-refractivity contribution is 5.79. The molecule has 2 unspecified atom stereocenters. The maximum absolute atomic E-state index is 6.48. The van der Waals surface area contributed by atoms with Crippen LogP contribution in [0.1, 0.15) is 81.2 Å². The molecule has 0 bridgehead atoms. The fourth-order valence-electron chi connectivity index (χ4n) is 4.63. The number of nitrogens with two attached hydrogens (primary N) is 1. The maximum atomic E-state index is 6.48. The molecule has 0 spiro atoms. The fraction of sp³-hybridized carbons (Fsp3) is 0.448. The molecule has 0 fully saturated rings. The molecule has 2 aromatic rings. The van der Waals surface area contributed by atoms with Gasteiger partial charge in [0, 0.05) is 11.6 Å². The molecule has 0 aliphatic rings. The van der Waals surface area contributed by atoms with E-state index in [4.69, 9.17) is 5.73 Å². The SMILES string of the molecule is C=Cc1ccc(-c2c(C)cc(N)c(C)c2C(C(=C)C)C(C)C(C)C)cc1CCCC. The van der Waals surface area contributed by atoms with E-state index in [9.17, 15) is 0 Å². The second-order valence-electron chi connectivity index (χ2n) is 9.34. The van der Waals surface area contributed by atoms with Crippen LogP contribution in [0.2, 0.25) is 0 Å². The molecule has 0 amide bonds. The lowest BCUT2D eigenvalue weighted by atomic mass is 9.72. The van der Waals surface area contributed by atoms with E-state index < -0.39 is 0 Å². The summed E-state index contributed by atoms with van der Waals surface area (Å²) in [5.74, 6) is 1.32. The van der Waals surface area contributed by atoms with Gasteiger partial charge < -0.3 is 5.73 Å². The number of rotatable bonds is 9.